The Morgan fingerprint density at radius 1 is 0.417 bits per heavy atom. The van der Waals surface area contributed by atoms with Gasteiger partial charge in [0.2, 0.25) is 0 Å². The molecule has 12 heteroatoms. The van der Waals surface area contributed by atoms with Crippen LogP contribution in [0, 0.1) is 17.8 Å². The maximum atomic E-state index is 13.2. The van der Waals surface area contributed by atoms with Gasteiger partial charge in [0.25, 0.3) is 0 Å². The number of hydrogen-bond donors (Lipinski definition) is 0. The summed E-state index contributed by atoms with van der Waals surface area (Å²) in [5.74, 6) is -2.30. The summed E-state index contributed by atoms with van der Waals surface area (Å²) in [7, 11) is 0. The molecule has 9 nitrogen and oxygen atoms in total. The Morgan fingerprint density at radius 2 is 0.694 bits per heavy atom. The van der Waals surface area contributed by atoms with Crippen LogP contribution in [0.3, 0.4) is 0 Å². The van der Waals surface area contributed by atoms with Gasteiger partial charge < -0.3 is 14.2 Å². The van der Waals surface area contributed by atoms with Crippen LogP contribution in [0.1, 0.15) is 156 Å². The number of halogens is 3. The maximum Gasteiger partial charge on any atom is 0.306 e. The van der Waals surface area contributed by atoms with Crippen LogP contribution in [-0.2, 0) is 43.0 Å². The summed E-state index contributed by atoms with van der Waals surface area (Å²) in [6.45, 7) is 6.10. The van der Waals surface area contributed by atoms with E-state index in [0.717, 1.165) is 19.3 Å². The molecule has 0 bridgehead atoms. The van der Waals surface area contributed by atoms with Gasteiger partial charge in [0, 0.05) is 92.3 Å². The number of esters is 3. The van der Waals surface area contributed by atoms with Crippen LogP contribution in [0.5, 0.6) is 0 Å². The summed E-state index contributed by atoms with van der Waals surface area (Å²) in [6, 6.07) is 0. The first kappa shape index (κ1) is 59.7. The molecule has 0 N–H and O–H groups in total. The molecule has 0 aromatic heterocycles. The number of allylic oxidation sites excluding steroid dienone is 18. The second-order valence-electron chi connectivity index (χ2n) is 18.5. The number of cyclic esters (lactones) is 3. The average Bonchev–Trinajstić information content (AvgIpc) is 3.90. The first-order valence-corrected chi connectivity index (χ1v) is 27.3. The molecule has 0 aromatic carbocycles. The number of carbonyl (C=O) groups is 6. The van der Waals surface area contributed by atoms with Crippen molar-refractivity contribution in [3.05, 3.63) is 141 Å². The van der Waals surface area contributed by atoms with Gasteiger partial charge in [-0.25, -0.2) is 0 Å². The molecule has 0 saturated heterocycles. The van der Waals surface area contributed by atoms with E-state index in [9.17, 15) is 28.8 Å². The number of fused-ring (bicyclic) bond motifs is 3. The lowest BCUT2D eigenvalue weighted by Crippen LogP contribution is -2.18. The van der Waals surface area contributed by atoms with Gasteiger partial charge in [-0.1, -0.05) is 165 Å². The van der Waals surface area contributed by atoms with Gasteiger partial charge >= 0.3 is 17.9 Å². The second kappa shape index (κ2) is 33.8. The molecule has 1 heterocycles. The molecule has 0 unspecified atom stereocenters. The number of ketones is 3. The second-order valence-corrected chi connectivity index (χ2v) is 19.7. The number of hydrogen-bond acceptors (Lipinski definition) is 9. The summed E-state index contributed by atoms with van der Waals surface area (Å²) in [6.07, 6.45) is 44.6. The van der Waals surface area contributed by atoms with E-state index in [0.29, 0.717) is 113 Å². The summed E-state index contributed by atoms with van der Waals surface area (Å²) >= 11 is 19.1. The number of rotatable bonds is 9. The fraction of sp³-hybridized carbons (Fsp3) is 0.500. The van der Waals surface area contributed by atoms with Crippen LogP contribution >= 0.6 is 34.8 Å². The van der Waals surface area contributed by atoms with E-state index in [-0.39, 0.29) is 87.4 Å². The minimum absolute atomic E-state index is 0.172. The quantitative estimate of drug-likeness (QED) is 0.126. The largest absolute Gasteiger partial charge is 0.462 e. The van der Waals surface area contributed by atoms with Crippen LogP contribution < -0.4 is 0 Å². The Balaban J connectivity index is 1.51. The number of carbonyl (C=O) groups excluding carboxylic acids is 6. The predicted octanol–water partition coefficient (Wildman–Crippen LogP) is 15.1. The molecular weight excluding hydrogens is 971 g/mol. The zero-order chi connectivity index (χ0) is 52.1. The molecule has 0 amide bonds. The smallest absolute Gasteiger partial charge is 0.306 e. The third kappa shape index (κ3) is 21.3. The van der Waals surface area contributed by atoms with Gasteiger partial charge in [-0.3, -0.25) is 28.8 Å². The zero-order valence-corrected chi connectivity index (χ0v) is 44.8. The molecule has 72 heavy (non-hydrogen) atoms. The van der Waals surface area contributed by atoms with Gasteiger partial charge in [-0.05, 0) is 77.0 Å². The van der Waals surface area contributed by atoms with E-state index in [4.69, 9.17) is 49.0 Å². The lowest BCUT2D eigenvalue weighted by atomic mass is 9.96. The van der Waals surface area contributed by atoms with E-state index in [1.807, 2.05) is 112 Å². The number of ether oxygens (including phenoxy) is 3. The van der Waals surface area contributed by atoms with Crippen molar-refractivity contribution in [2.24, 2.45) is 17.8 Å². The van der Waals surface area contributed by atoms with Crippen LogP contribution in [0.2, 0.25) is 0 Å². The van der Waals surface area contributed by atoms with Crippen molar-refractivity contribution < 1.29 is 43.0 Å². The average molecular weight is 1050 g/mol. The highest BCUT2D eigenvalue weighted by molar-refractivity contribution is 6.47. The van der Waals surface area contributed by atoms with E-state index >= 15 is 0 Å². The van der Waals surface area contributed by atoms with Crippen molar-refractivity contribution in [1.29, 1.82) is 0 Å². The Labute approximate surface area is 443 Å². The Morgan fingerprint density at radius 3 is 0.958 bits per heavy atom. The normalized spacial score (nSPS) is 29.6. The predicted molar refractivity (Wildman–Crippen MR) is 290 cm³/mol. The summed E-state index contributed by atoms with van der Waals surface area (Å²) in [5.41, 5.74) is 1.73. The van der Waals surface area contributed by atoms with E-state index in [2.05, 4.69) is 0 Å². The maximum absolute atomic E-state index is 13.2. The van der Waals surface area contributed by atoms with Gasteiger partial charge in [-0.15, -0.1) is 0 Å². The van der Waals surface area contributed by atoms with E-state index in [1.54, 1.807) is 18.2 Å². The third-order valence-electron chi connectivity index (χ3n) is 12.7. The highest BCUT2D eigenvalue weighted by Gasteiger charge is 2.31. The van der Waals surface area contributed by atoms with Crippen LogP contribution in [0.15, 0.2) is 141 Å². The Bertz CT molecular complexity index is 2000. The molecule has 0 saturated carbocycles. The molecule has 390 valence electrons. The summed E-state index contributed by atoms with van der Waals surface area (Å²) in [5, 5.41) is 0.517. The van der Waals surface area contributed by atoms with Crippen molar-refractivity contribution in [2.45, 2.75) is 174 Å². The van der Waals surface area contributed by atoms with Gasteiger partial charge in [0.15, 0.2) is 17.3 Å². The molecule has 0 spiro atoms. The fourth-order valence-corrected chi connectivity index (χ4v) is 9.55. The number of Topliss-reactive ketones (excluding diaryl/α,β-unsaturated/α-hetero) is 3. The molecule has 3 aliphatic carbocycles. The van der Waals surface area contributed by atoms with Gasteiger partial charge in [-0.2, -0.15) is 0 Å². The molecule has 0 fully saturated rings. The third-order valence-corrected chi connectivity index (χ3v) is 13.6. The lowest BCUT2D eigenvalue weighted by molar-refractivity contribution is -0.149. The zero-order valence-electron chi connectivity index (χ0n) is 42.5. The Kier molecular flexibility index (Phi) is 28.0. The van der Waals surface area contributed by atoms with Crippen LogP contribution in [0.25, 0.3) is 0 Å². The summed E-state index contributed by atoms with van der Waals surface area (Å²) < 4.78 is 17.8. The standard InChI is InChI=1S/C60H75Cl3O9/c1-4-7-16-28-46-34-37-49-43(40-52(61)58(49)67)25-19-11-14-23-32-56(65)71-48(30-18-9-6-3)36-39-51-45(42-54(63)60(51)69)27-21-12-15-24-33-57(66)72-47(29-17-8-5-2)35-38-50-44(41-53(62)59(50)68)26-20-10-13-22-31-55(64)70-46/h7-12,16-21,37-48H,4-6,13-15,22-36H2,1-3H3/b16-7-,17-8-,18-9-,19-11-,20-10-,21-12-,49-37+,50-38+,51-39+/t43-,44-,45-,46-,47-,48-/m0/s1. The molecule has 4 rings (SSSR count). The van der Waals surface area contributed by atoms with Crippen LogP contribution in [-0.4, -0.2) is 53.6 Å². The molecule has 0 radical (unpaired) electrons. The molecule has 0 aromatic rings. The Hall–Kier alpha value is -4.83. The SMILES string of the molecule is CC/C=C\C[C@H]1C/C=C2/C(=O)C(Cl)=C[C@@H]2C/C=C\CCCC(=O)O[C@@H](C/C=C\CC)C/C=C2/C(=O)C(Cl)=C[C@@H]2C/C=C\CCCC(=O)O[C@@H](C/C=C\CC)C/C=C2/C(=O)C(Cl)=C[C@@H]2C/C=C\CCCC(=O)O1. The fourth-order valence-electron chi connectivity index (χ4n) is 8.77. The highest BCUT2D eigenvalue weighted by Crippen LogP contribution is 2.35. The van der Waals surface area contributed by atoms with E-state index < -0.39 is 18.3 Å². The first-order chi connectivity index (χ1) is 34.8. The minimum atomic E-state index is -0.455. The van der Waals surface area contributed by atoms with Crippen molar-refractivity contribution in [3.63, 3.8) is 0 Å². The van der Waals surface area contributed by atoms with E-state index in [1.165, 1.54) is 0 Å². The van der Waals surface area contributed by atoms with Gasteiger partial charge in [0.05, 0.1) is 15.1 Å². The molecular formula is C60H75Cl3O9. The lowest BCUT2D eigenvalue weighted by Gasteiger charge is -2.16. The molecule has 6 atom stereocenters. The van der Waals surface area contributed by atoms with Crippen molar-refractivity contribution in [3.8, 4) is 0 Å². The molecule has 1 aliphatic heterocycles. The molecule has 4 aliphatic rings. The van der Waals surface area contributed by atoms with Crippen molar-refractivity contribution >= 4 is 70.1 Å². The van der Waals surface area contributed by atoms with Gasteiger partial charge in [0.1, 0.15) is 18.3 Å². The first-order valence-electron chi connectivity index (χ1n) is 26.2. The topological polar surface area (TPSA) is 130 Å². The highest BCUT2D eigenvalue weighted by atomic mass is 35.5. The minimum Gasteiger partial charge on any atom is -0.462 e. The summed E-state index contributed by atoms with van der Waals surface area (Å²) in [4.78, 5) is 78.8. The van der Waals surface area contributed by atoms with Crippen LogP contribution in [0.4, 0.5) is 0 Å². The van der Waals surface area contributed by atoms with Crippen molar-refractivity contribution in [1.82, 2.24) is 0 Å². The van der Waals surface area contributed by atoms with Crippen molar-refractivity contribution in [2.75, 3.05) is 0 Å². The monoisotopic (exact) mass is 1040 g/mol.